The number of halogens is 1. The highest BCUT2D eigenvalue weighted by atomic mass is 32.2. The fourth-order valence-electron chi connectivity index (χ4n) is 3.21. The zero-order chi connectivity index (χ0) is 24.5. The van der Waals surface area contributed by atoms with Gasteiger partial charge in [-0.05, 0) is 43.7 Å². The number of hydrogen-bond donors (Lipinski definition) is 2. The predicted octanol–water partition coefficient (Wildman–Crippen LogP) is 2.77. The van der Waals surface area contributed by atoms with E-state index in [9.17, 15) is 17.6 Å². The Balaban J connectivity index is 1.50. The van der Waals surface area contributed by atoms with Gasteiger partial charge in [0.2, 0.25) is 10.0 Å². The number of benzene rings is 1. The number of sulfonamides is 1. The Kier molecular flexibility index (Phi) is 6.48. The van der Waals surface area contributed by atoms with E-state index in [2.05, 4.69) is 25.3 Å². The van der Waals surface area contributed by atoms with Crippen molar-refractivity contribution in [3.05, 3.63) is 53.5 Å². The van der Waals surface area contributed by atoms with Crippen LogP contribution in [0.25, 0.3) is 11.4 Å². The van der Waals surface area contributed by atoms with Crippen molar-refractivity contribution >= 4 is 27.6 Å². The maximum absolute atomic E-state index is 13.4. The van der Waals surface area contributed by atoms with Crippen LogP contribution in [-0.2, 0) is 26.5 Å². The van der Waals surface area contributed by atoms with Gasteiger partial charge in [-0.3, -0.25) is 10.0 Å². The topological polar surface area (TPSA) is 137 Å². The molecule has 1 fully saturated rings. The van der Waals surface area contributed by atoms with Gasteiger partial charge < -0.3 is 9.47 Å². The van der Waals surface area contributed by atoms with Crippen molar-refractivity contribution in [2.45, 2.75) is 25.2 Å². The highest BCUT2D eigenvalue weighted by molar-refractivity contribution is 7.93. The quantitative estimate of drug-likeness (QED) is 0.516. The van der Waals surface area contributed by atoms with Gasteiger partial charge in [-0.2, -0.15) is 0 Å². The number of aromatic nitrogens is 4. The van der Waals surface area contributed by atoms with E-state index in [0.29, 0.717) is 22.6 Å². The summed E-state index contributed by atoms with van der Waals surface area (Å²) in [5.41, 5.74) is 1.89. The number of rotatable bonds is 7. The largest absolute Gasteiger partial charge is 0.441 e. The van der Waals surface area contributed by atoms with Gasteiger partial charge in [0.15, 0.2) is 11.5 Å². The molecule has 180 valence electrons. The SMILES string of the molecule is Cc1nc(-c2nnn(C)c2NC(=O)O[C@H](C)c2cccc(F)c2)ccc1NS(=O)(=O)C1COC1. The summed E-state index contributed by atoms with van der Waals surface area (Å²) in [6, 6.07) is 8.91. The van der Waals surface area contributed by atoms with E-state index < -0.39 is 33.3 Å². The number of carbonyl (C=O) groups excluding carboxylic acids is 1. The predicted molar refractivity (Wildman–Crippen MR) is 121 cm³/mol. The van der Waals surface area contributed by atoms with Crippen LogP contribution in [0.15, 0.2) is 36.4 Å². The number of anilines is 2. The van der Waals surface area contributed by atoms with Crippen LogP contribution in [0.2, 0.25) is 0 Å². The molecule has 1 aliphatic heterocycles. The number of nitrogens with zero attached hydrogens (tertiary/aromatic N) is 4. The highest BCUT2D eigenvalue weighted by Crippen LogP contribution is 2.28. The van der Waals surface area contributed by atoms with Crippen LogP contribution in [0.1, 0.15) is 24.3 Å². The molecule has 1 atom stereocenters. The Labute approximate surface area is 195 Å². The standard InChI is InChI=1S/C21H23FN6O5S/c1-12-17(26-34(30,31)16-10-32-11-16)7-8-18(23-12)19-20(28(3)27-25-19)24-21(29)33-13(2)14-5-4-6-15(22)9-14/h4-9,13,16,26H,10-11H2,1-3H3,(H,24,29)/t13-/m1/s1. The maximum Gasteiger partial charge on any atom is 0.413 e. The fraction of sp³-hybridized carbons (Fsp3) is 0.333. The lowest BCUT2D eigenvalue weighted by molar-refractivity contribution is 0.0418. The minimum atomic E-state index is -3.58. The minimum absolute atomic E-state index is 0.155. The van der Waals surface area contributed by atoms with Gasteiger partial charge in [-0.15, -0.1) is 5.10 Å². The lowest BCUT2D eigenvalue weighted by atomic mass is 10.1. The number of amides is 1. The summed E-state index contributed by atoms with van der Waals surface area (Å²) in [6.45, 7) is 3.58. The van der Waals surface area contributed by atoms with Crippen molar-refractivity contribution in [1.29, 1.82) is 0 Å². The van der Waals surface area contributed by atoms with Crippen molar-refractivity contribution in [3.63, 3.8) is 0 Å². The van der Waals surface area contributed by atoms with Crippen LogP contribution in [0.3, 0.4) is 0 Å². The first kappa shape index (κ1) is 23.6. The summed E-state index contributed by atoms with van der Waals surface area (Å²) in [6.07, 6.45) is -1.48. The highest BCUT2D eigenvalue weighted by Gasteiger charge is 2.33. The molecule has 0 spiro atoms. The van der Waals surface area contributed by atoms with Gasteiger partial charge in [0, 0.05) is 7.05 Å². The number of pyridine rings is 1. The van der Waals surface area contributed by atoms with Crippen LogP contribution >= 0.6 is 0 Å². The second-order valence-corrected chi connectivity index (χ2v) is 9.73. The third-order valence-electron chi connectivity index (χ3n) is 5.28. The third kappa shape index (κ3) is 4.99. The molecular formula is C21H23FN6O5S. The number of nitrogens with one attached hydrogen (secondary N) is 2. The molecule has 0 aliphatic carbocycles. The van der Waals surface area contributed by atoms with Gasteiger partial charge in [0.1, 0.15) is 17.2 Å². The van der Waals surface area contributed by atoms with E-state index in [-0.39, 0.29) is 24.7 Å². The lowest BCUT2D eigenvalue weighted by Gasteiger charge is -2.26. The van der Waals surface area contributed by atoms with Crippen molar-refractivity contribution in [1.82, 2.24) is 20.0 Å². The normalized spacial score (nSPS) is 14.8. The van der Waals surface area contributed by atoms with Crippen molar-refractivity contribution < 1.29 is 27.1 Å². The lowest BCUT2D eigenvalue weighted by Crippen LogP contribution is -2.43. The molecule has 0 unspecified atom stereocenters. The Bertz CT molecular complexity index is 1320. The molecule has 11 nitrogen and oxygen atoms in total. The Morgan fingerprint density at radius 1 is 1.29 bits per heavy atom. The molecule has 0 bridgehead atoms. The van der Waals surface area contributed by atoms with E-state index in [0.717, 1.165) is 0 Å². The Morgan fingerprint density at radius 3 is 2.71 bits per heavy atom. The van der Waals surface area contributed by atoms with Gasteiger partial charge in [0.05, 0.1) is 30.3 Å². The van der Waals surface area contributed by atoms with Gasteiger partial charge >= 0.3 is 6.09 Å². The summed E-state index contributed by atoms with van der Waals surface area (Å²) < 4.78 is 52.3. The summed E-state index contributed by atoms with van der Waals surface area (Å²) >= 11 is 0. The average Bonchev–Trinajstić information content (AvgIpc) is 3.07. The van der Waals surface area contributed by atoms with Crippen molar-refractivity contribution in [3.8, 4) is 11.4 Å². The molecular weight excluding hydrogens is 467 g/mol. The van der Waals surface area contributed by atoms with Gasteiger partial charge in [-0.25, -0.2) is 27.3 Å². The number of aryl methyl sites for hydroxylation is 2. The maximum atomic E-state index is 13.4. The van der Waals surface area contributed by atoms with Crippen molar-refractivity contribution in [2.24, 2.45) is 7.05 Å². The first-order valence-corrected chi connectivity index (χ1v) is 11.9. The van der Waals surface area contributed by atoms with Crippen LogP contribution in [0.4, 0.5) is 20.7 Å². The molecule has 0 radical (unpaired) electrons. The molecule has 2 N–H and O–H groups in total. The van der Waals surface area contributed by atoms with E-state index in [1.165, 1.54) is 22.9 Å². The summed E-state index contributed by atoms with van der Waals surface area (Å²) in [7, 11) is -2.00. The first-order chi connectivity index (χ1) is 16.1. The zero-order valence-electron chi connectivity index (χ0n) is 18.6. The van der Waals surface area contributed by atoms with E-state index in [4.69, 9.17) is 9.47 Å². The van der Waals surface area contributed by atoms with Crippen LogP contribution in [0.5, 0.6) is 0 Å². The molecule has 3 aromatic rings. The summed E-state index contributed by atoms with van der Waals surface area (Å²) in [5, 5.41) is 9.99. The first-order valence-electron chi connectivity index (χ1n) is 10.3. The third-order valence-corrected chi connectivity index (χ3v) is 6.93. The molecule has 13 heteroatoms. The smallest absolute Gasteiger partial charge is 0.413 e. The molecule has 3 heterocycles. The van der Waals surface area contributed by atoms with E-state index in [1.54, 1.807) is 39.1 Å². The second-order valence-electron chi connectivity index (χ2n) is 7.77. The average molecular weight is 491 g/mol. The van der Waals surface area contributed by atoms with E-state index >= 15 is 0 Å². The van der Waals surface area contributed by atoms with Gasteiger partial charge in [-0.1, -0.05) is 17.3 Å². The molecule has 1 aromatic carbocycles. The summed E-state index contributed by atoms with van der Waals surface area (Å²) in [4.78, 5) is 16.9. The van der Waals surface area contributed by atoms with E-state index in [1.807, 2.05) is 0 Å². The van der Waals surface area contributed by atoms with Gasteiger partial charge in [0.25, 0.3) is 0 Å². The summed E-state index contributed by atoms with van der Waals surface area (Å²) in [5.74, 6) is -0.206. The number of hydrogen-bond acceptors (Lipinski definition) is 8. The van der Waals surface area contributed by atoms with Crippen LogP contribution in [0, 0.1) is 12.7 Å². The monoisotopic (exact) mass is 490 g/mol. The molecule has 1 saturated heterocycles. The Morgan fingerprint density at radius 2 is 2.06 bits per heavy atom. The number of ether oxygens (including phenoxy) is 2. The fourth-order valence-corrected chi connectivity index (χ4v) is 4.45. The molecule has 1 aliphatic rings. The molecule has 0 saturated carbocycles. The molecule has 1 amide bonds. The molecule has 4 rings (SSSR count). The van der Waals surface area contributed by atoms with Crippen molar-refractivity contribution in [2.75, 3.05) is 23.3 Å². The Hall–Kier alpha value is -3.58. The second kappa shape index (κ2) is 9.35. The van der Waals surface area contributed by atoms with Crippen LogP contribution in [-0.4, -0.2) is 53.0 Å². The van der Waals surface area contributed by atoms with Crippen LogP contribution < -0.4 is 10.0 Å². The molecule has 34 heavy (non-hydrogen) atoms. The molecule has 2 aromatic heterocycles. The zero-order valence-corrected chi connectivity index (χ0v) is 19.5. The number of carbonyl (C=O) groups is 1. The minimum Gasteiger partial charge on any atom is -0.441 e.